The number of sulfonamides is 1. The summed E-state index contributed by atoms with van der Waals surface area (Å²) < 4.78 is 33.4. The number of aromatic nitrogens is 1. The zero-order valence-corrected chi connectivity index (χ0v) is 19.6. The van der Waals surface area contributed by atoms with Gasteiger partial charge in [0.25, 0.3) is 0 Å². The molecule has 2 aromatic rings. The Balaban J connectivity index is 1.81. The highest BCUT2D eigenvalue weighted by Gasteiger charge is 2.37. The Hall–Kier alpha value is -2.36. The number of nitrogens with one attached hydrogen (secondary N) is 1. The zero-order chi connectivity index (χ0) is 22.8. The maximum Gasteiger partial charge on any atom is 0.248 e. The Bertz CT molecular complexity index is 1090. The van der Waals surface area contributed by atoms with E-state index < -0.39 is 15.9 Å². The number of nitrogens with zero attached hydrogens (tertiary/aromatic N) is 3. The molecule has 3 rings (SSSR count). The van der Waals surface area contributed by atoms with Gasteiger partial charge in [0.2, 0.25) is 15.9 Å². The first kappa shape index (κ1) is 23.3. The van der Waals surface area contributed by atoms with Crippen molar-refractivity contribution < 1.29 is 17.7 Å². The summed E-state index contributed by atoms with van der Waals surface area (Å²) >= 11 is 6.04. The summed E-state index contributed by atoms with van der Waals surface area (Å²) in [5.74, 6) is -0.518. The molecule has 1 unspecified atom stereocenters. The Morgan fingerprint density at radius 2 is 2.10 bits per heavy atom. The molecule has 0 radical (unpaired) electrons. The second-order valence-electron chi connectivity index (χ2n) is 7.89. The quantitative estimate of drug-likeness (QED) is 0.699. The molecule has 1 fully saturated rings. The van der Waals surface area contributed by atoms with Crippen LogP contribution in [0.5, 0.6) is 0 Å². The molecule has 1 saturated heterocycles. The molecule has 10 heteroatoms. The van der Waals surface area contributed by atoms with Crippen LogP contribution in [0.15, 0.2) is 33.8 Å². The number of rotatable bonds is 6. The Morgan fingerprint density at radius 1 is 1.35 bits per heavy atom. The van der Waals surface area contributed by atoms with Crippen LogP contribution < -0.4 is 5.32 Å². The molecule has 31 heavy (non-hydrogen) atoms. The van der Waals surface area contributed by atoms with Crippen molar-refractivity contribution in [2.24, 2.45) is 5.92 Å². The van der Waals surface area contributed by atoms with E-state index in [-0.39, 0.29) is 23.1 Å². The van der Waals surface area contributed by atoms with Crippen LogP contribution in [-0.4, -0.2) is 55.9 Å². The van der Waals surface area contributed by atoms with E-state index in [4.69, 9.17) is 16.1 Å². The standard InChI is InChI=1S/C21H27ClN4O4S/c1-14-7-8-17(22)12-18(14)23-21(27)16-6-5-10-26(13-16)31(28,29)20-15(2)24-30-19(20)9-11-25(3)4/h7-9,11-12,16H,5-6,10,13H2,1-4H3,(H,23,27)/b11-9+. The predicted octanol–water partition coefficient (Wildman–Crippen LogP) is 3.52. The molecule has 1 aromatic carbocycles. The van der Waals surface area contributed by atoms with Crippen LogP contribution in [0.3, 0.4) is 0 Å². The fourth-order valence-electron chi connectivity index (χ4n) is 3.48. The van der Waals surface area contributed by atoms with E-state index in [0.717, 1.165) is 5.56 Å². The van der Waals surface area contributed by atoms with E-state index in [1.807, 2.05) is 27.1 Å². The molecule has 0 saturated carbocycles. The van der Waals surface area contributed by atoms with Gasteiger partial charge in [-0.1, -0.05) is 22.8 Å². The summed E-state index contributed by atoms with van der Waals surface area (Å²) in [6, 6.07) is 5.27. The Kier molecular flexibility index (Phi) is 7.08. The SMILES string of the molecule is Cc1ccc(Cl)cc1NC(=O)C1CCCN(S(=O)(=O)c2c(C)noc2/C=C/N(C)C)C1. The van der Waals surface area contributed by atoms with Gasteiger partial charge in [-0.2, -0.15) is 4.31 Å². The van der Waals surface area contributed by atoms with E-state index in [1.54, 1.807) is 36.2 Å². The normalized spacial score (nSPS) is 17.8. The van der Waals surface area contributed by atoms with E-state index >= 15 is 0 Å². The van der Waals surface area contributed by atoms with Crippen molar-refractivity contribution in [3.63, 3.8) is 0 Å². The van der Waals surface area contributed by atoms with Gasteiger partial charge in [0.15, 0.2) is 10.7 Å². The van der Waals surface area contributed by atoms with E-state index in [2.05, 4.69) is 10.5 Å². The number of benzene rings is 1. The second kappa shape index (κ2) is 9.42. The molecule has 0 aliphatic carbocycles. The summed E-state index contributed by atoms with van der Waals surface area (Å²) in [7, 11) is -0.230. The summed E-state index contributed by atoms with van der Waals surface area (Å²) in [6.45, 7) is 3.90. The van der Waals surface area contributed by atoms with Crippen molar-refractivity contribution >= 4 is 39.3 Å². The number of piperidine rings is 1. The minimum atomic E-state index is -3.88. The molecule has 1 aliphatic heterocycles. The molecule has 1 aliphatic rings. The largest absolute Gasteiger partial charge is 0.383 e. The maximum atomic E-state index is 13.4. The average Bonchev–Trinajstić information content (AvgIpc) is 3.10. The van der Waals surface area contributed by atoms with Gasteiger partial charge in [0.05, 0.1) is 5.92 Å². The average molecular weight is 467 g/mol. The number of aryl methyl sites for hydroxylation is 2. The molecule has 2 heterocycles. The summed E-state index contributed by atoms with van der Waals surface area (Å²) in [5, 5.41) is 7.25. The molecule has 1 amide bonds. The first-order valence-corrected chi connectivity index (χ1v) is 11.8. The molecular formula is C21H27ClN4O4S. The molecule has 0 spiro atoms. The molecular weight excluding hydrogens is 440 g/mol. The number of carbonyl (C=O) groups is 1. The first-order chi connectivity index (χ1) is 14.6. The number of halogens is 1. The van der Waals surface area contributed by atoms with Crippen molar-refractivity contribution in [1.29, 1.82) is 0 Å². The van der Waals surface area contributed by atoms with Crippen LogP contribution in [-0.2, 0) is 14.8 Å². The van der Waals surface area contributed by atoms with Crippen molar-refractivity contribution in [2.45, 2.75) is 31.6 Å². The lowest BCUT2D eigenvalue weighted by Gasteiger charge is -2.31. The zero-order valence-electron chi connectivity index (χ0n) is 18.1. The number of carbonyl (C=O) groups excluding carboxylic acids is 1. The minimum absolute atomic E-state index is 0.0392. The van der Waals surface area contributed by atoms with Gasteiger partial charge in [0, 0.05) is 50.2 Å². The Labute approximate surface area is 187 Å². The van der Waals surface area contributed by atoms with Gasteiger partial charge >= 0.3 is 0 Å². The van der Waals surface area contributed by atoms with Gasteiger partial charge in [-0.05, 0) is 44.4 Å². The number of hydrogen-bond acceptors (Lipinski definition) is 6. The highest BCUT2D eigenvalue weighted by atomic mass is 35.5. The van der Waals surface area contributed by atoms with Crippen LogP contribution in [0.25, 0.3) is 6.08 Å². The maximum absolute atomic E-state index is 13.4. The van der Waals surface area contributed by atoms with Crippen molar-refractivity contribution in [3.8, 4) is 0 Å². The van der Waals surface area contributed by atoms with E-state index in [1.165, 1.54) is 4.31 Å². The van der Waals surface area contributed by atoms with Crippen LogP contribution in [0.4, 0.5) is 5.69 Å². The number of hydrogen-bond donors (Lipinski definition) is 1. The van der Waals surface area contributed by atoms with Gasteiger partial charge in [-0.25, -0.2) is 8.42 Å². The third-order valence-corrected chi connectivity index (χ3v) is 7.43. The molecule has 8 nitrogen and oxygen atoms in total. The lowest BCUT2D eigenvalue weighted by atomic mass is 9.98. The third-order valence-electron chi connectivity index (χ3n) is 5.17. The van der Waals surface area contributed by atoms with E-state index in [9.17, 15) is 13.2 Å². The van der Waals surface area contributed by atoms with Crippen molar-refractivity contribution in [1.82, 2.24) is 14.4 Å². The van der Waals surface area contributed by atoms with Gasteiger partial charge in [0.1, 0.15) is 5.69 Å². The van der Waals surface area contributed by atoms with Crippen molar-refractivity contribution in [2.75, 3.05) is 32.5 Å². The summed E-state index contributed by atoms with van der Waals surface area (Å²) in [4.78, 5) is 14.7. The van der Waals surface area contributed by atoms with Crippen LogP contribution in [0.1, 0.15) is 29.9 Å². The van der Waals surface area contributed by atoms with Crippen LogP contribution in [0, 0.1) is 19.8 Å². The smallest absolute Gasteiger partial charge is 0.248 e. The molecule has 1 aromatic heterocycles. The molecule has 168 valence electrons. The van der Waals surface area contributed by atoms with Gasteiger partial charge in [-0.15, -0.1) is 0 Å². The summed E-state index contributed by atoms with van der Waals surface area (Å²) in [5.41, 5.74) is 1.80. The van der Waals surface area contributed by atoms with Crippen LogP contribution >= 0.6 is 11.6 Å². The lowest BCUT2D eigenvalue weighted by Crippen LogP contribution is -2.44. The third kappa shape index (κ3) is 5.28. The van der Waals surface area contributed by atoms with Gasteiger partial charge < -0.3 is 14.7 Å². The Morgan fingerprint density at radius 3 is 2.81 bits per heavy atom. The lowest BCUT2D eigenvalue weighted by molar-refractivity contribution is -0.120. The monoisotopic (exact) mass is 466 g/mol. The highest BCUT2D eigenvalue weighted by molar-refractivity contribution is 7.89. The first-order valence-electron chi connectivity index (χ1n) is 9.97. The fraction of sp³-hybridized carbons (Fsp3) is 0.429. The highest BCUT2D eigenvalue weighted by Crippen LogP contribution is 2.30. The molecule has 1 N–H and O–H groups in total. The molecule has 0 bridgehead atoms. The number of amides is 1. The predicted molar refractivity (Wildman–Crippen MR) is 120 cm³/mol. The van der Waals surface area contributed by atoms with Crippen molar-refractivity contribution in [3.05, 3.63) is 46.4 Å². The van der Waals surface area contributed by atoms with Gasteiger partial charge in [-0.3, -0.25) is 4.79 Å². The van der Waals surface area contributed by atoms with E-state index in [0.29, 0.717) is 35.8 Å². The van der Waals surface area contributed by atoms with Crippen LogP contribution in [0.2, 0.25) is 5.02 Å². The summed E-state index contributed by atoms with van der Waals surface area (Å²) in [6.07, 6.45) is 4.45. The fourth-order valence-corrected chi connectivity index (χ4v) is 5.43. The second-order valence-corrected chi connectivity index (χ2v) is 10.2. The minimum Gasteiger partial charge on any atom is -0.383 e. The topological polar surface area (TPSA) is 95.8 Å². The molecule has 1 atom stereocenters. The number of anilines is 1.